The van der Waals surface area contributed by atoms with Gasteiger partial charge in [0.15, 0.2) is 0 Å². The molecule has 0 aromatic heterocycles. The summed E-state index contributed by atoms with van der Waals surface area (Å²) >= 11 is 3.32. The van der Waals surface area contributed by atoms with Crippen LogP contribution in [-0.4, -0.2) is 19.7 Å². The van der Waals surface area contributed by atoms with Gasteiger partial charge in [0.05, 0.1) is 13.7 Å². The fraction of sp³-hybridized carbons (Fsp3) is 0.364. The number of halogens is 1. The zero-order valence-corrected chi connectivity index (χ0v) is 10.8. The van der Waals surface area contributed by atoms with Crippen molar-refractivity contribution in [3.63, 3.8) is 0 Å². The van der Waals surface area contributed by atoms with E-state index >= 15 is 0 Å². The molecular formula is C11H14BrNO3. The number of hydrogen-bond donors (Lipinski definition) is 1. The molecule has 1 atom stereocenters. The summed E-state index contributed by atoms with van der Waals surface area (Å²) < 4.78 is 10.9. The lowest BCUT2D eigenvalue weighted by molar-refractivity contribution is -0.144. The first-order valence-corrected chi connectivity index (χ1v) is 5.65. The van der Waals surface area contributed by atoms with Crippen molar-refractivity contribution in [2.75, 3.05) is 13.7 Å². The third-order valence-electron chi connectivity index (χ3n) is 2.07. The van der Waals surface area contributed by atoms with E-state index in [4.69, 9.17) is 15.2 Å². The lowest BCUT2D eigenvalue weighted by atomic mass is 10.1. The topological polar surface area (TPSA) is 61.5 Å². The number of nitrogens with two attached hydrogens (primary N) is 1. The first-order valence-electron chi connectivity index (χ1n) is 4.85. The van der Waals surface area contributed by atoms with Gasteiger partial charge in [-0.25, -0.2) is 4.79 Å². The minimum atomic E-state index is -0.817. The lowest BCUT2D eigenvalue weighted by Crippen LogP contribution is -2.24. The quantitative estimate of drug-likeness (QED) is 0.861. The van der Waals surface area contributed by atoms with E-state index in [-0.39, 0.29) is 0 Å². The van der Waals surface area contributed by atoms with Crippen molar-refractivity contribution >= 4 is 21.9 Å². The van der Waals surface area contributed by atoms with Gasteiger partial charge in [-0.05, 0) is 19.1 Å². The second kappa shape index (κ2) is 5.86. The summed E-state index contributed by atoms with van der Waals surface area (Å²) in [6.07, 6.45) is 0. The van der Waals surface area contributed by atoms with E-state index in [0.29, 0.717) is 17.9 Å². The van der Waals surface area contributed by atoms with Gasteiger partial charge in [0.1, 0.15) is 11.8 Å². The maximum absolute atomic E-state index is 11.5. The largest absolute Gasteiger partial charge is 0.496 e. The number of esters is 1. The van der Waals surface area contributed by atoms with E-state index in [9.17, 15) is 4.79 Å². The molecule has 0 amide bonds. The molecule has 0 spiro atoms. The van der Waals surface area contributed by atoms with Crippen LogP contribution in [0.5, 0.6) is 5.75 Å². The summed E-state index contributed by atoms with van der Waals surface area (Å²) in [5.74, 6) is 0.109. The summed E-state index contributed by atoms with van der Waals surface area (Å²) in [4.78, 5) is 11.5. The Labute approximate surface area is 103 Å². The first-order chi connectivity index (χ1) is 7.60. The molecule has 2 N–H and O–H groups in total. The van der Waals surface area contributed by atoms with Gasteiger partial charge in [0.2, 0.25) is 0 Å². The van der Waals surface area contributed by atoms with Gasteiger partial charge in [-0.15, -0.1) is 0 Å². The highest BCUT2D eigenvalue weighted by Gasteiger charge is 2.20. The summed E-state index contributed by atoms with van der Waals surface area (Å²) in [5, 5.41) is 0. The van der Waals surface area contributed by atoms with Crippen molar-refractivity contribution < 1.29 is 14.3 Å². The second-order valence-corrected chi connectivity index (χ2v) is 4.03. The first kappa shape index (κ1) is 13.0. The average Bonchev–Trinajstić information content (AvgIpc) is 2.28. The van der Waals surface area contributed by atoms with Crippen LogP contribution < -0.4 is 10.5 Å². The van der Waals surface area contributed by atoms with Crippen LogP contribution in [0.4, 0.5) is 0 Å². The molecule has 0 bridgehead atoms. The van der Waals surface area contributed by atoms with Gasteiger partial charge in [0.25, 0.3) is 0 Å². The van der Waals surface area contributed by atoms with Crippen molar-refractivity contribution in [2.45, 2.75) is 13.0 Å². The fourth-order valence-corrected chi connectivity index (χ4v) is 1.64. The Morgan fingerprint density at radius 3 is 2.81 bits per heavy atom. The van der Waals surface area contributed by atoms with Gasteiger partial charge >= 0.3 is 5.97 Å². The van der Waals surface area contributed by atoms with Gasteiger partial charge in [0, 0.05) is 10.0 Å². The summed E-state index contributed by atoms with van der Waals surface area (Å²) in [6, 6.07) is 4.48. The Kier molecular flexibility index (Phi) is 4.76. The molecule has 0 saturated heterocycles. The molecule has 0 radical (unpaired) electrons. The summed E-state index contributed by atoms with van der Waals surface area (Å²) in [6.45, 7) is 2.05. The SMILES string of the molecule is CCOC(=O)C(N)c1ccc(Br)cc1OC. The van der Waals surface area contributed by atoms with Crippen LogP contribution in [0.1, 0.15) is 18.5 Å². The fourth-order valence-electron chi connectivity index (χ4n) is 1.30. The number of hydrogen-bond acceptors (Lipinski definition) is 4. The van der Waals surface area contributed by atoms with Gasteiger partial charge in [-0.3, -0.25) is 0 Å². The third-order valence-corrected chi connectivity index (χ3v) is 2.56. The average molecular weight is 288 g/mol. The molecule has 0 aliphatic heterocycles. The predicted molar refractivity (Wildman–Crippen MR) is 64.3 cm³/mol. The molecule has 1 unspecified atom stereocenters. The molecule has 16 heavy (non-hydrogen) atoms. The molecule has 0 heterocycles. The van der Waals surface area contributed by atoms with E-state index in [0.717, 1.165) is 4.47 Å². The standard InChI is InChI=1S/C11H14BrNO3/c1-3-16-11(14)10(13)8-5-4-7(12)6-9(8)15-2/h4-6,10H,3,13H2,1-2H3. The number of benzene rings is 1. The van der Waals surface area contributed by atoms with Gasteiger partial charge in [-0.1, -0.05) is 22.0 Å². The molecule has 88 valence electrons. The summed E-state index contributed by atoms with van der Waals surface area (Å²) in [7, 11) is 1.53. The normalized spacial score (nSPS) is 12.0. The predicted octanol–water partition coefficient (Wildman–Crippen LogP) is 2.02. The van der Waals surface area contributed by atoms with Crippen molar-refractivity contribution in [1.82, 2.24) is 0 Å². The lowest BCUT2D eigenvalue weighted by Gasteiger charge is -2.14. The molecule has 1 aromatic carbocycles. The van der Waals surface area contributed by atoms with Crippen LogP contribution in [0.2, 0.25) is 0 Å². The highest BCUT2D eigenvalue weighted by molar-refractivity contribution is 9.10. The van der Waals surface area contributed by atoms with Gasteiger partial charge in [-0.2, -0.15) is 0 Å². The van der Waals surface area contributed by atoms with E-state index in [2.05, 4.69) is 15.9 Å². The number of carbonyl (C=O) groups excluding carboxylic acids is 1. The van der Waals surface area contributed by atoms with Crippen molar-refractivity contribution in [3.05, 3.63) is 28.2 Å². The number of rotatable bonds is 4. The highest BCUT2D eigenvalue weighted by atomic mass is 79.9. The molecular weight excluding hydrogens is 274 g/mol. The number of ether oxygens (including phenoxy) is 2. The molecule has 5 heteroatoms. The maximum atomic E-state index is 11.5. The van der Waals surface area contributed by atoms with Crippen molar-refractivity contribution in [2.24, 2.45) is 5.73 Å². The molecule has 1 rings (SSSR count). The van der Waals surface area contributed by atoms with E-state index in [1.54, 1.807) is 25.1 Å². The smallest absolute Gasteiger partial charge is 0.327 e. The van der Waals surface area contributed by atoms with Crippen LogP contribution in [0.15, 0.2) is 22.7 Å². The summed E-state index contributed by atoms with van der Waals surface area (Å²) in [5.41, 5.74) is 6.40. The maximum Gasteiger partial charge on any atom is 0.327 e. The molecule has 0 aliphatic rings. The minimum absolute atomic E-state index is 0.311. The Bertz CT molecular complexity index is 381. The molecule has 0 fully saturated rings. The van der Waals surface area contributed by atoms with Crippen LogP contribution in [0, 0.1) is 0 Å². The number of carbonyl (C=O) groups is 1. The number of methoxy groups -OCH3 is 1. The van der Waals surface area contributed by atoms with Crippen molar-refractivity contribution in [1.29, 1.82) is 0 Å². The van der Waals surface area contributed by atoms with Crippen LogP contribution >= 0.6 is 15.9 Å². The van der Waals surface area contributed by atoms with E-state index in [1.807, 2.05) is 0 Å². The minimum Gasteiger partial charge on any atom is -0.496 e. The molecule has 0 saturated carbocycles. The second-order valence-electron chi connectivity index (χ2n) is 3.12. The van der Waals surface area contributed by atoms with Crippen LogP contribution in [-0.2, 0) is 9.53 Å². The van der Waals surface area contributed by atoms with E-state index < -0.39 is 12.0 Å². The Hall–Kier alpha value is -1.07. The van der Waals surface area contributed by atoms with Crippen molar-refractivity contribution in [3.8, 4) is 5.75 Å². The van der Waals surface area contributed by atoms with Crippen LogP contribution in [0.25, 0.3) is 0 Å². The molecule has 1 aromatic rings. The Morgan fingerprint density at radius 2 is 2.25 bits per heavy atom. The third kappa shape index (κ3) is 2.96. The molecule has 4 nitrogen and oxygen atoms in total. The van der Waals surface area contributed by atoms with E-state index in [1.165, 1.54) is 7.11 Å². The highest BCUT2D eigenvalue weighted by Crippen LogP contribution is 2.28. The monoisotopic (exact) mass is 287 g/mol. The Balaban J connectivity index is 2.98. The zero-order valence-electron chi connectivity index (χ0n) is 9.20. The Morgan fingerprint density at radius 1 is 1.56 bits per heavy atom. The van der Waals surface area contributed by atoms with Crippen LogP contribution in [0.3, 0.4) is 0 Å². The van der Waals surface area contributed by atoms with Gasteiger partial charge < -0.3 is 15.2 Å². The molecule has 0 aliphatic carbocycles. The zero-order chi connectivity index (χ0) is 12.1.